The van der Waals surface area contributed by atoms with E-state index in [-0.39, 0.29) is 0 Å². The van der Waals surface area contributed by atoms with Gasteiger partial charge in [0.1, 0.15) is 0 Å². The van der Waals surface area contributed by atoms with E-state index in [0.29, 0.717) is 13.2 Å². The van der Waals surface area contributed by atoms with E-state index in [9.17, 15) is 4.57 Å². The number of phosphoric acid groups is 1. The summed E-state index contributed by atoms with van der Waals surface area (Å²) < 4.78 is 28.8. The molecule has 1 heterocycles. The summed E-state index contributed by atoms with van der Waals surface area (Å²) in [5.74, 6) is 0. The van der Waals surface area contributed by atoms with Crippen LogP contribution in [0.15, 0.2) is 12.4 Å². The average Bonchev–Trinajstić information content (AvgIpc) is 2.87. The van der Waals surface area contributed by atoms with Crippen molar-refractivity contribution in [1.82, 2.24) is 9.80 Å². The number of nitrogens with zero attached hydrogens (tertiary/aromatic N) is 2. The van der Waals surface area contributed by atoms with Crippen LogP contribution >= 0.6 is 7.82 Å². The zero-order valence-electron chi connectivity index (χ0n) is 15.8. The number of hydrogen-bond acceptors (Lipinski definition) is 6. The third kappa shape index (κ3) is 7.56. The monoisotopic (exact) mass is 362 g/mol. The van der Waals surface area contributed by atoms with Crippen molar-refractivity contribution in [3.8, 4) is 0 Å². The smallest absolute Gasteiger partial charge is 0.337 e. The molecule has 1 unspecified atom stereocenters. The van der Waals surface area contributed by atoms with Gasteiger partial charge >= 0.3 is 7.82 Å². The van der Waals surface area contributed by atoms with Crippen molar-refractivity contribution in [2.75, 3.05) is 26.8 Å². The molecule has 0 fully saturated rings. The van der Waals surface area contributed by atoms with Crippen LogP contribution in [0.1, 0.15) is 65.7 Å². The predicted molar refractivity (Wildman–Crippen MR) is 97.3 cm³/mol. The number of rotatable bonds is 14. The lowest BCUT2D eigenvalue weighted by atomic mass is 10.1. The topological polar surface area (TPSA) is 51.2 Å². The minimum atomic E-state index is -3.52. The Morgan fingerprint density at radius 2 is 1.50 bits per heavy atom. The molecule has 142 valence electrons. The lowest BCUT2D eigenvalue weighted by molar-refractivity contribution is -0.0448. The van der Waals surface area contributed by atoms with Gasteiger partial charge in [0.15, 0.2) is 0 Å². The summed E-state index contributed by atoms with van der Waals surface area (Å²) in [5, 5.41) is 0. The molecule has 7 heteroatoms. The minimum Gasteiger partial charge on any atom is -0.337 e. The summed E-state index contributed by atoms with van der Waals surface area (Å²) in [6, 6.07) is 0. The zero-order valence-corrected chi connectivity index (χ0v) is 16.7. The van der Waals surface area contributed by atoms with Crippen molar-refractivity contribution in [3.05, 3.63) is 12.4 Å². The fourth-order valence-electron chi connectivity index (χ4n) is 2.67. The lowest BCUT2D eigenvalue weighted by Gasteiger charge is -2.32. The Labute approximate surface area is 147 Å². The Hall–Kier alpha value is -0.550. The Bertz CT molecular complexity index is 396. The van der Waals surface area contributed by atoms with Gasteiger partial charge in [0.05, 0.1) is 13.2 Å². The van der Waals surface area contributed by atoms with Gasteiger partial charge in [-0.1, -0.05) is 45.4 Å². The normalized spacial score (nSPS) is 17.9. The van der Waals surface area contributed by atoms with Crippen molar-refractivity contribution in [2.24, 2.45) is 0 Å². The van der Waals surface area contributed by atoms with Crippen molar-refractivity contribution >= 4 is 7.82 Å². The van der Waals surface area contributed by atoms with Crippen LogP contribution in [0.5, 0.6) is 0 Å². The second-order valence-electron chi connectivity index (χ2n) is 6.04. The van der Waals surface area contributed by atoms with Crippen LogP contribution in [0.2, 0.25) is 0 Å². The molecule has 0 spiro atoms. The number of phosphoric ester groups is 1. The van der Waals surface area contributed by atoms with Gasteiger partial charge < -0.3 is 9.80 Å². The number of unbranched alkanes of at least 4 members (excludes halogenated alkanes) is 6. The van der Waals surface area contributed by atoms with Crippen LogP contribution in [0.3, 0.4) is 0 Å². The fourth-order valence-corrected chi connectivity index (χ4v) is 4.00. The van der Waals surface area contributed by atoms with Gasteiger partial charge in [0, 0.05) is 26.0 Å². The Morgan fingerprint density at radius 3 is 2.08 bits per heavy atom. The fraction of sp³-hybridized carbons (Fsp3) is 0.882. The Kier molecular flexibility index (Phi) is 10.7. The van der Waals surface area contributed by atoms with E-state index in [2.05, 4.69) is 11.8 Å². The summed E-state index contributed by atoms with van der Waals surface area (Å²) in [6.45, 7) is 7.25. The molecule has 0 radical (unpaired) electrons. The molecular formula is C17H35N2O4P. The third-order valence-corrected chi connectivity index (χ3v) is 5.54. The molecule has 0 bridgehead atoms. The van der Waals surface area contributed by atoms with Crippen LogP contribution in [0.4, 0.5) is 0 Å². The standard InChI is InChI=1S/C17H35N2O4P/c1-5-8-9-10-11-12-13-14-19-16-15-18(4)17(19)23-24(20,21-6-2)22-7-3/h15-17H,5-14H2,1-4H3. The van der Waals surface area contributed by atoms with E-state index in [1.165, 1.54) is 38.5 Å². The van der Waals surface area contributed by atoms with Crippen LogP contribution in [0.25, 0.3) is 0 Å². The molecule has 0 aliphatic carbocycles. The summed E-state index contributed by atoms with van der Waals surface area (Å²) in [4.78, 5) is 3.93. The molecule has 1 aliphatic heterocycles. The predicted octanol–water partition coefficient (Wildman–Crippen LogP) is 4.94. The third-order valence-electron chi connectivity index (χ3n) is 3.94. The quantitative estimate of drug-likeness (QED) is 0.322. The van der Waals surface area contributed by atoms with Crippen LogP contribution in [0, 0.1) is 0 Å². The van der Waals surface area contributed by atoms with E-state index in [0.717, 1.165) is 13.0 Å². The van der Waals surface area contributed by atoms with Gasteiger partial charge in [-0.25, -0.2) is 9.09 Å². The molecule has 1 rings (SSSR count). The Balaban J connectivity index is 2.40. The van der Waals surface area contributed by atoms with Gasteiger partial charge in [-0.05, 0) is 20.3 Å². The highest BCUT2D eigenvalue weighted by Crippen LogP contribution is 2.51. The lowest BCUT2D eigenvalue weighted by Crippen LogP contribution is -2.39. The second kappa shape index (κ2) is 11.9. The van der Waals surface area contributed by atoms with E-state index >= 15 is 0 Å². The van der Waals surface area contributed by atoms with Crippen LogP contribution in [-0.4, -0.2) is 43.0 Å². The zero-order chi connectivity index (χ0) is 17.8. The highest BCUT2D eigenvalue weighted by atomic mass is 31.2. The van der Waals surface area contributed by atoms with E-state index in [1.807, 2.05) is 24.3 Å². The minimum absolute atomic E-state index is 0.291. The molecule has 0 N–H and O–H groups in total. The maximum absolute atomic E-state index is 12.6. The molecule has 0 aromatic carbocycles. The van der Waals surface area contributed by atoms with E-state index in [4.69, 9.17) is 13.6 Å². The van der Waals surface area contributed by atoms with Crippen LogP contribution in [-0.2, 0) is 18.1 Å². The first-order valence-electron chi connectivity index (χ1n) is 9.29. The maximum atomic E-state index is 12.6. The molecule has 0 amide bonds. The molecule has 24 heavy (non-hydrogen) atoms. The van der Waals surface area contributed by atoms with Gasteiger partial charge in [-0.2, -0.15) is 0 Å². The van der Waals surface area contributed by atoms with Crippen molar-refractivity contribution < 1.29 is 18.1 Å². The van der Waals surface area contributed by atoms with Crippen molar-refractivity contribution in [3.63, 3.8) is 0 Å². The Morgan fingerprint density at radius 1 is 0.917 bits per heavy atom. The average molecular weight is 362 g/mol. The van der Waals surface area contributed by atoms with Gasteiger partial charge in [-0.3, -0.25) is 9.05 Å². The second-order valence-corrected chi connectivity index (χ2v) is 7.66. The molecule has 0 aromatic heterocycles. The summed E-state index contributed by atoms with van der Waals surface area (Å²) >= 11 is 0. The maximum Gasteiger partial charge on any atom is 0.478 e. The molecule has 0 aromatic rings. The van der Waals surface area contributed by atoms with Crippen LogP contribution < -0.4 is 0 Å². The molecule has 1 aliphatic rings. The van der Waals surface area contributed by atoms with E-state index < -0.39 is 14.2 Å². The van der Waals surface area contributed by atoms with Gasteiger partial charge in [0.25, 0.3) is 0 Å². The van der Waals surface area contributed by atoms with Crippen molar-refractivity contribution in [2.45, 2.75) is 72.1 Å². The highest BCUT2D eigenvalue weighted by Gasteiger charge is 2.35. The first kappa shape index (κ1) is 21.5. The van der Waals surface area contributed by atoms with Crippen molar-refractivity contribution in [1.29, 1.82) is 0 Å². The summed E-state index contributed by atoms with van der Waals surface area (Å²) in [5.41, 5.74) is 0. The summed E-state index contributed by atoms with van der Waals surface area (Å²) in [7, 11) is -1.63. The molecule has 6 nitrogen and oxygen atoms in total. The SMILES string of the molecule is CCCCCCCCCN1C=CN(C)C1OP(=O)(OCC)OCC. The van der Waals surface area contributed by atoms with E-state index in [1.54, 1.807) is 13.8 Å². The number of hydrogen-bond donors (Lipinski definition) is 0. The highest BCUT2D eigenvalue weighted by molar-refractivity contribution is 7.48. The first-order valence-corrected chi connectivity index (χ1v) is 10.8. The molecule has 0 saturated heterocycles. The molecular weight excluding hydrogens is 327 g/mol. The summed E-state index contributed by atoms with van der Waals surface area (Å²) in [6.07, 6.45) is 12.3. The molecule has 0 saturated carbocycles. The molecule has 1 atom stereocenters. The largest absolute Gasteiger partial charge is 0.478 e. The first-order chi connectivity index (χ1) is 11.6. The van der Waals surface area contributed by atoms with Gasteiger partial charge in [-0.15, -0.1) is 0 Å². The van der Waals surface area contributed by atoms with Gasteiger partial charge in [0.2, 0.25) is 6.35 Å².